The minimum Gasteiger partial charge on any atom is -0.342 e. The second-order valence-electron chi connectivity index (χ2n) is 11.1. The molecule has 0 spiro atoms. The fraction of sp³-hybridized carbons (Fsp3) is 0.333. The van der Waals surface area contributed by atoms with E-state index in [9.17, 15) is 22.8 Å². The van der Waals surface area contributed by atoms with Crippen LogP contribution in [0.2, 0.25) is 0 Å². The zero-order chi connectivity index (χ0) is 32.4. The van der Waals surface area contributed by atoms with E-state index in [0.29, 0.717) is 30.5 Å². The normalized spacial score (nSPS) is 15.5. The van der Waals surface area contributed by atoms with E-state index in [4.69, 9.17) is 10.2 Å². The second-order valence-corrected chi connectivity index (χ2v) is 12.8. The molecular weight excluding hydrogens is 594 g/mol. The maximum Gasteiger partial charge on any atom is 0.329 e. The van der Waals surface area contributed by atoms with Gasteiger partial charge in [0.1, 0.15) is 6.04 Å². The zero-order valence-corrected chi connectivity index (χ0v) is 26.2. The number of amides is 2. The van der Waals surface area contributed by atoms with Gasteiger partial charge in [-0.25, -0.2) is 13.9 Å². The number of imide groups is 1. The Kier molecular flexibility index (Phi) is 11.6. The first-order valence-electron chi connectivity index (χ1n) is 14.8. The van der Waals surface area contributed by atoms with Crippen LogP contribution in [0.3, 0.4) is 0 Å². The molecule has 0 aliphatic carbocycles. The minimum absolute atomic E-state index is 0.00865. The fourth-order valence-corrected chi connectivity index (χ4v) is 6.30. The summed E-state index contributed by atoms with van der Waals surface area (Å²) in [5.74, 6) is -2.23. The number of nitrogens with one attached hydrogen (secondary N) is 4. The summed E-state index contributed by atoms with van der Waals surface area (Å²) in [6.07, 6.45) is 1.72. The number of hydrogen-bond acceptors (Lipinski definition) is 8. The number of rotatable bonds is 11. The van der Waals surface area contributed by atoms with Gasteiger partial charge in [-0.15, -0.1) is 0 Å². The zero-order valence-electron chi connectivity index (χ0n) is 25.4. The predicted molar refractivity (Wildman–Crippen MR) is 170 cm³/mol. The van der Waals surface area contributed by atoms with Crippen molar-refractivity contribution in [2.45, 2.75) is 50.5 Å². The summed E-state index contributed by atoms with van der Waals surface area (Å²) in [6, 6.07) is 21.0. The first kappa shape index (κ1) is 33.5. The van der Waals surface area contributed by atoms with E-state index in [0.717, 1.165) is 24.1 Å². The lowest BCUT2D eigenvalue weighted by Gasteiger charge is -2.31. The van der Waals surface area contributed by atoms with E-state index in [-0.39, 0.29) is 29.6 Å². The molecule has 3 aromatic rings. The average molecular weight is 634 g/mol. The fourth-order valence-electron chi connectivity index (χ4n) is 5.11. The Morgan fingerprint density at radius 1 is 1.02 bits per heavy atom. The second kappa shape index (κ2) is 15.6. The molecule has 3 aromatic carbocycles. The predicted octanol–water partition coefficient (Wildman–Crippen LogP) is 2.88. The van der Waals surface area contributed by atoms with Crippen LogP contribution in [0.5, 0.6) is 0 Å². The Balaban J connectivity index is 1.67. The van der Waals surface area contributed by atoms with E-state index >= 15 is 0 Å². The molecule has 0 bridgehead atoms. The number of benzene rings is 3. The lowest BCUT2D eigenvalue weighted by molar-refractivity contribution is -0.149. The Bertz CT molecular complexity index is 1610. The summed E-state index contributed by atoms with van der Waals surface area (Å²) in [7, 11) is -4.17. The lowest BCUT2D eigenvalue weighted by Crippen LogP contribution is -2.54. The number of carbonyl (C=O) groups is 3. The van der Waals surface area contributed by atoms with Crippen LogP contribution in [0.4, 0.5) is 0 Å². The molecule has 1 unspecified atom stereocenters. The van der Waals surface area contributed by atoms with Gasteiger partial charge in [0, 0.05) is 25.6 Å². The van der Waals surface area contributed by atoms with Crippen molar-refractivity contribution in [2.24, 2.45) is 5.92 Å². The van der Waals surface area contributed by atoms with Gasteiger partial charge in [0.05, 0.1) is 10.8 Å². The molecule has 4 N–H and O–H groups in total. The van der Waals surface area contributed by atoms with Crippen molar-refractivity contribution in [3.05, 3.63) is 101 Å². The number of carbonyl (C=O) groups excluding carboxylic acids is 3. The lowest BCUT2D eigenvalue weighted by atomic mass is 9.96. The SMILES string of the molecule is CC(=O)ONC(=N)c1cccc(C[C@H](NS(=O)(=O)c2ccc(C)cc2)C(=O)N(CCc2ccccc2)C(=O)C2CCCNC2)c1. The maximum atomic E-state index is 14.4. The monoisotopic (exact) mass is 633 g/mol. The first-order chi connectivity index (χ1) is 21.5. The van der Waals surface area contributed by atoms with Crippen LogP contribution < -0.4 is 15.5 Å². The molecule has 0 aromatic heterocycles. The quantitative estimate of drug-likeness (QED) is 0.143. The smallest absolute Gasteiger partial charge is 0.329 e. The highest BCUT2D eigenvalue weighted by Crippen LogP contribution is 2.19. The third kappa shape index (κ3) is 9.55. The molecule has 2 amide bonds. The van der Waals surface area contributed by atoms with Crippen molar-refractivity contribution in [3.8, 4) is 0 Å². The van der Waals surface area contributed by atoms with E-state index in [2.05, 4.69) is 15.5 Å². The van der Waals surface area contributed by atoms with Crippen molar-refractivity contribution < 1.29 is 27.6 Å². The van der Waals surface area contributed by atoms with E-state index in [1.807, 2.05) is 37.3 Å². The molecule has 11 nitrogen and oxygen atoms in total. The molecule has 1 heterocycles. The molecule has 1 aliphatic heterocycles. The Morgan fingerprint density at radius 2 is 1.73 bits per heavy atom. The Hall–Kier alpha value is -4.39. The number of amidine groups is 1. The molecule has 0 saturated carbocycles. The van der Waals surface area contributed by atoms with Crippen LogP contribution in [0, 0.1) is 18.3 Å². The van der Waals surface area contributed by atoms with Gasteiger partial charge in [-0.3, -0.25) is 24.7 Å². The molecular formula is C33H39N5O6S. The third-order valence-electron chi connectivity index (χ3n) is 7.52. The van der Waals surface area contributed by atoms with Crippen LogP contribution in [-0.2, 0) is 42.1 Å². The van der Waals surface area contributed by atoms with Gasteiger partial charge in [-0.1, -0.05) is 66.2 Å². The number of hydrogen-bond donors (Lipinski definition) is 4. The van der Waals surface area contributed by atoms with Crippen molar-refractivity contribution in [1.29, 1.82) is 5.41 Å². The molecule has 238 valence electrons. The highest BCUT2D eigenvalue weighted by atomic mass is 32.2. The van der Waals surface area contributed by atoms with Crippen molar-refractivity contribution in [2.75, 3.05) is 19.6 Å². The van der Waals surface area contributed by atoms with Crippen LogP contribution >= 0.6 is 0 Å². The number of piperidine rings is 1. The summed E-state index contributed by atoms with van der Waals surface area (Å²) < 4.78 is 29.7. The molecule has 1 fully saturated rings. The van der Waals surface area contributed by atoms with Crippen molar-refractivity contribution in [3.63, 3.8) is 0 Å². The average Bonchev–Trinajstić information content (AvgIpc) is 3.04. The third-order valence-corrected chi connectivity index (χ3v) is 9.01. The number of sulfonamides is 1. The van der Waals surface area contributed by atoms with Crippen LogP contribution in [-0.4, -0.2) is 62.6 Å². The van der Waals surface area contributed by atoms with Gasteiger partial charge in [0.15, 0.2) is 5.84 Å². The van der Waals surface area contributed by atoms with Gasteiger partial charge in [0.2, 0.25) is 21.8 Å². The van der Waals surface area contributed by atoms with E-state index < -0.39 is 33.9 Å². The molecule has 12 heteroatoms. The van der Waals surface area contributed by atoms with Gasteiger partial charge in [0.25, 0.3) is 0 Å². The Morgan fingerprint density at radius 3 is 2.40 bits per heavy atom. The van der Waals surface area contributed by atoms with Gasteiger partial charge in [-0.05, 0) is 68.5 Å². The topological polar surface area (TPSA) is 158 Å². The molecule has 0 radical (unpaired) electrons. The van der Waals surface area contributed by atoms with Gasteiger partial charge < -0.3 is 10.2 Å². The van der Waals surface area contributed by atoms with E-state index in [1.54, 1.807) is 36.4 Å². The summed E-state index contributed by atoms with van der Waals surface area (Å²) in [5, 5.41) is 11.4. The molecule has 4 rings (SSSR count). The summed E-state index contributed by atoms with van der Waals surface area (Å²) >= 11 is 0. The number of hydroxylamine groups is 1. The standard InChI is InChI=1S/C33H39N5O6S/c1-23-13-15-29(16-14-23)45(42,43)37-30(21-26-10-6-11-27(20-26)31(34)36-44-24(2)39)33(41)38(19-17-25-8-4-3-5-9-25)32(40)28-12-7-18-35-22-28/h3-6,8-11,13-16,20,28,30,35,37H,7,12,17-19,21-22H2,1-2H3,(H2,34,36)/t28?,30-/m0/s1. The molecule has 1 aliphatic rings. The summed E-state index contributed by atoms with van der Waals surface area (Å²) in [6.45, 7) is 4.35. The highest BCUT2D eigenvalue weighted by molar-refractivity contribution is 7.89. The number of nitrogens with zero attached hydrogens (tertiary/aromatic N) is 1. The molecule has 1 saturated heterocycles. The van der Waals surface area contributed by atoms with Crippen molar-refractivity contribution in [1.82, 2.24) is 20.4 Å². The Labute approximate surface area is 263 Å². The van der Waals surface area contributed by atoms with Gasteiger partial charge >= 0.3 is 5.97 Å². The minimum atomic E-state index is -4.17. The first-order valence-corrected chi connectivity index (χ1v) is 16.3. The molecule has 45 heavy (non-hydrogen) atoms. The number of aryl methyl sites for hydroxylation is 1. The van der Waals surface area contributed by atoms with E-state index in [1.165, 1.54) is 24.0 Å². The highest BCUT2D eigenvalue weighted by Gasteiger charge is 2.35. The summed E-state index contributed by atoms with van der Waals surface area (Å²) in [4.78, 5) is 45.3. The molecule has 2 atom stereocenters. The van der Waals surface area contributed by atoms with Crippen molar-refractivity contribution >= 4 is 33.6 Å². The largest absolute Gasteiger partial charge is 0.342 e. The summed E-state index contributed by atoms with van der Waals surface area (Å²) in [5.41, 5.74) is 4.96. The van der Waals surface area contributed by atoms with Gasteiger partial charge in [-0.2, -0.15) is 4.72 Å². The maximum absolute atomic E-state index is 14.4. The van der Waals surface area contributed by atoms with Crippen LogP contribution in [0.15, 0.2) is 83.8 Å². The van der Waals surface area contributed by atoms with Crippen LogP contribution in [0.1, 0.15) is 42.0 Å². The van der Waals surface area contributed by atoms with Crippen LogP contribution in [0.25, 0.3) is 0 Å².